The summed E-state index contributed by atoms with van der Waals surface area (Å²) in [5, 5.41) is 0. The minimum Gasteiger partial charge on any atom is -0.367 e. The van der Waals surface area contributed by atoms with Crippen LogP contribution in [0.3, 0.4) is 0 Å². The second-order valence-corrected chi connectivity index (χ2v) is 1.22. The van der Waals surface area contributed by atoms with E-state index in [0.717, 1.165) is 0 Å². The van der Waals surface area contributed by atoms with Gasteiger partial charge in [-0.05, 0) is 0 Å². The van der Waals surface area contributed by atoms with Crippen molar-refractivity contribution < 1.29 is 9.53 Å². The van der Waals surface area contributed by atoms with E-state index in [-0.39, 0.29) is 12.0 Å². The molecule has 34 valence electrons. The number of ether oxygens (including phenoxy) is 1. The van der Waals surface area contributed by atoms with Crippen LogP contribution in [0.2, 0.25) is 0 Å². The Morgan fingerprint density at radius 3 is 2.50 bits per heavy atom. The molecule has 1 saturated heterocycles. The van der Waals surface area contributed by atoms with Crippen molar-refractivity contribution in [3.8, 4) is 0 Å². The van der Waals surface area contributed by atoms with E-state index in [0.29, 0.717) is 6.61 Å². The van der Waals surface area contributed by atoms with Crippen LogP contribution in [0.5, 0.6) is 0 Å². The van der Waals surface area contributed by atoms with Crippen molar-refractivity contribution in [2.45, 2.75) is 6.10 Å². The minimum absolute atomic E-state index is 0.259. The molecule has 2 N–H and O–H groups in total. The van der Waals surface area contributed by atoms with Gasteiger partial charge in [0.1, 0.15) is 0 Å². The number of carbonyl (C=O) groups is 1. The number of primary amides is 1. The van der Waals surface area contributed by atoms with Crippen LogP contribution in [0.4, 0.5) is 0 Å². The monoisotopic (exact) mass is 87.0 g/mol. The SMILES string of the molecule is NC(=O)[C@@H]1CO1. The highest BCUT2D eigenvalue weighted by Gasteiger charge is 2.28. The molecule has 1 fully saturated rings. The summed E-state index contributed by atoms with van der Waals surface area (Å²) in [6, 6.07) is 0. The van der Waals surface area contributed by atoms with Gasteiger partial charge in [0, 0.05) is 0 Å². The first-order valence-electron chi connectivity index (χ1n) is 1.71. The maximum absolute atomic E-state index is 9.86. The van der Waals surface area contributed by atoms with Gasteiger partial charge in [0.05, 0.1) is 6.61 Å². The van der Waals surface area contributed by atoms with Crippen molar-refractivity contribution >= 4 is 5.91 Å². The molecule has 1 rings (SSSR count). The summed E-state index contributed by atoms with van der Waals surface area (Å²) in [6.07, 6.45) is -0.259. The van der Waals surface area contributed by atoms with Crippen LogP contribution in [0, 0.1) is 0 Å². The van der Waals surface area contributed by atoms with Crippen molar-refractivity contribution in [2.24, 2.45) is 5.73 Å². The molecule has 0 saturated carbocycles. The molecule has 0 bridgehead atoms. The Hall–Kier alpha value is -0.570. The number of nitrogens with two attached hydrogens (primary N) is 1. The van der Waals surface area contributed by atoms with Crippen LogP contribution < -0.4 is 5.73 Å². The molecule has 1 aliphatic heterocycles. The van der Waals surface area contributed by atoms with Crippen LogP contribution >= 0.6 is 0 Å². The van der Waals surface area contributed by atoms with Gasteiger partial charge in [-0.3, -0.25) is 4.79 Å². The smallest absolute Gasteiger partial charge is 0.248 e. The molecule has 1 amide bonds. The van der Waals surface area contributed by atoms with Crippen molar-refractivity contribution in [1.82, 2.24) is 0 Å². The lowest BCUT2D eigenvalue weighted by molar-refractivity contribution is -0.119. The molecule has 6 heavy (non-hydrogen) atoms. The summed E-state index contributed by atoms with van der Waals surface area (Å²) < 4.78 is 4.50. The number of hydrogen-bond donors (Lipinski definition) is 1. The molecule has 3 nitrogen and oxygen atoms in total. The van der Waals surface area contributed by atoms with Gasteiger partial charge in [-0.25, -0.2) is 0 Å². The summed E-state index contributed by atoms with van der Waals surface area (Å²) in [7, 11) is 0. The molecule has 0 radical (unpaired) electrons. The highest BCUT2D eigenvalue weighted by molar-refractivity contribution is 5.80. The van der Waals surface area contributed by atoms with Crippen LogP contribution in [-0.4, -0.2) is 18.6 Å². The summed E-state index contributed by atoms with van der Waals surface area (Å²) >= 11 is 0. The molecule has 0 aromatic carbocycles. The Labute approximate surface area is 35.1 Å². The van der Waals surface area contributed by atoms with E-state index >= 15 is 0 Å². The Balaban J connectivity index is 2.31. The predicted molar refractivity (Wildman–Crippen MR) is 18.9 cm³/mol. The molecule has 0 spiro atoms. The van der Waals surface area contributed by atoms with E-state index < -0.39 is 0 Å². The third-order valence-corrected chi connectivity index (χ3v) is 0.651. The first kappa shape index (κ1) is 3.61. The highest BCUT2D eigenvalue weighted by Crippen LogP contribution is 2.05. The highest BCUT2D eigenvalue weighted by atomic mass is 16.6. The normalized spacial score (nSPS) is 29.7. The van der Waals surface area contributed by atoms with Gasteiger partial charge in [0.15, 0.2) is 6.10 Å². The van der Waals surface area contributed by atoms with Crippen molar-refractivity contribution in [1.29, 1.82) is 0 Å². The quantitative estimate of drug-likeness (QED) is 0.411. The molecule has 0 aromatic rings. The molecular weight excluding hydrogens is 82.0 g/mol. The van der Waals surface area contributed by atoms with Crippen LogP contribution in [0.15, 0.2) is 0 Å². The van der Waals surface area contributed by atoms with E-state index in [1.54, 1.807) is 0 Å². The molecular formula is C3H5NO2. The lowest BCUT2D eigenvalue weighted by Crippen LogP contribution is -2.17. The Morgan fingerprint density at radius 2 is 2.50 bits per heavy atom. The van der Waals surface area contributed by atoms with Crippen LogP contribution in [0.1, 0.15) is 0 Å². The summed E-state index contributed by atoms with van der Waals surface area (Å²) in [6.45, 7) is 0.523. The molecule has 3 heteroatoms. The van der Waals surface area contributed by atoms with Crippen molar-refractivity contribution in [2.75, 3.05) is 6.61 Å². The van der Waals surface area contributed by atoms with E-state index in [9.17, 15) is 4.79 Å². The lowest BCUT2D eigenvalue weighted by atomic mass is 10.5. The average Bonchev–Trinajstić information content (AvgIpc) is 2.06. The Bertz CT molecular complexity index is 76.9. The van der Waals surface area contributed by atoms with Gasteiger partial charge in [-0.15, -0.1) is 0 Å². The first-order valence-corrected chi connectivity index (χ1v) is 1.71. The second kappa shape index (κ2) is 0.944. The zero-order valence-electron chi connectivity index (χ0n) is 3.18. The summed E-state index contributed by atoms with van der Waals surface area (Å²) in [5.41, 5.74) is 4.73. The van der Waals surface area contributed by atoms with Gasteiger partial charge in [-0.2, -0.15) is 0 Å². The topological polar surface area (TPSA) is 55.6 Å². The van der Waals surface area contributed by atoms with Gasteiger partial charge in [-0.1, -0.05) is 0 Å². The standard InChI is InChI=1S/C3H5NO2/c4-3(5)2-1-6-2/h2H,1H2,(H2,4,5)/t2-/m0/s1. The maximum Gasteiger partial charge on any atom is 0.248 e. The summed E-state index contributed by atoms with van der Waals surface area (Å²) in [4.78, 5) is 9.86. The fourth-order valence-corrected chi connectivity index (χ4v) is 0.212. The van der Waals surface area contributed by atoms with E-state index in [4.69, 9.17) is 5.73 Å². The van der Waals surface area contributed by atoms with Crippen molar-refractivity contribution in [3.05, 3.63) is 0 Å². The molecule has 0 aromatic heterocycles. The van der Waals surface area contributed by atoms with Gasteiger partial charge in [0.25, 0.3) is 0 Å². The van der Waals surface area contributed by atoms with Crippen molar-refractivity contribution in [3.63, 3.8) is 0 Å². The van der Waals surface area contributed by atoms with E-state index in [2.05, 4.69) is 4.74 Å². The number of rotatable bonds is 1. The van der Waals surface area contributed by atoms with E-state index in [1.807, 2.05) is 0 Å². The molecule has 0 unspecified atom stereocenters. The largest absolute Gasteiger partial charge is 0.367 e. The predicted octanol–water partition coefficient (Wildman–Crippen LogP) is -1.13. The molecule has 1 heterocycles. The van der Waals surface area contributed by atoms with Gasteiger partial charge >= 0.3 is 0 Å². The summed E-state index contributed by atoms with van der Waals surface area (Å²) in [5.74, 6) is -0.352. The molecule has 0 aliphatic carbocycles. The van der Waals surface area contributed by atoms with Crippen LogP contribution in [0.25, 0.3) is 0 Å². The Kier molecular flexibility index (Phi) is 0.569. The minimum atomic E-state index is -0.352. The number of hydrogen-bond acceptors (Lipinski definition) is 2. The average molecular weight is 87.1 g/mol. The fourth-order valence-electron chi connectivity index (χ4n) is 0.212. The van der Waals surface area contributed by atoms with Gasteiger partial charge in [0.2, 0.25) is 5.91 Å². The van der Waals surface area contributed by atoms with E-state index in [1.165, 1.54) is 0 Å². The maximum atomic E-state index is 9.86. The lowest BCUT2D eigenvalue weighted by Gasteiger charge is -1.73. The first-order chi connectivity index (χ1) is 2.80. The number of carbonyl (C=O) groups excluding carboxylic acids is 1. The Morgan fingerprint density at radius 1 is 2.00 bits per heavy atom. The molecule has 1 atom stereocenters. The zero-order chi connectivity index (χ0) is 4.57. The second-order valence-electron chi connectivity index (χ2n) is 1.22. The van der Waals surface area contributed by atoms with Gasteiger partial charge < -0.3 is 10.5 Å². The van der Waals surface area contributed by atoms with Crippen LogP contribution in [-0.2, 0) is 9.53 Å². The zero-order valence-corrected chi connectivity index (χ0v) is 3.18. The third-order valence-electron chi connectivity index (χ3n) is 0.651. The molecule has 1 aliphatic rings. The number of amides is 1. The third kappa shape index (κ3) is 0.490. The number of epoxide rings is 1. The fraction of sp³-hybridized carbons (Fsp3) is 0.667.